The van der Waals surface area contributed by atoms with Gasteiger partial charge in [0.25, 0.3) is 0 Å². The number of halogens is 2. The van der Waals surface area contributed by atoms with Crippen molar-refractivity contribution in [3.05, 3.63) is 71.3 Å². The van der Waals surface area contributed by atoms with Gasteiger partial charge in [-0.15, -0.1) is 0 Å². The zero-order valence-electron chi connectivity index (χ0n) is 12.9. The van der Waals surface area contributed by atoms with Crippen molar-refractivity contribution in [2.75, 3.05) is 7.05 Å². The Labute approximate surface area is 134 Å². The molecule has 2 aromatic rings. The van der Waals surface area contributed by atoms with Gasteiger partial charge in [0.05, 0.1) is 0 Å². The minimum atomic E-state index is -0.248. The van der Waals surface area contributed by atoms with E-state index in [1.807, 2.05) is 12.1 Å². The number of aliphatic imine (C=N–C) groups is 1. The normalized spacial score (nSPS) is 20.2. The Bertz CT molecular complexity index is 698. The lowest BCUT2D eigenvalue weighted by Crippen LogP contribution is -2.38. The molecule has 0 saturated heterocycles. The van der Waals surface area contributed by atoms with Gasteiger partial charge in [-0.25, -0.2) is 8.78 Å². The van der Waals surface area contributed by atoms with Crippen molar-refractivity contribution in [3.63, 3.8) is 0 Å². The topological polar surface area (TPSA) is 36.4 Å². The summed E-state index contributed by atoms with van der Waals surface area (Å²) in [6.45, 7) is 0.553. The Balaban J connectivity index is 1.53. The molecule has 0 amide bonds. The maximum Gasteiger partial charge on any atom is 0.191 e. The molecule has 0 radical (unpaired) electrons. The second kappa shape index (κ2) is 6.77. The van der Waals surface area contributed by atoms with Crippen LogP contribution >= 0.6 is 0 Å². The summed E-state index contributed by atoms with van der Waals surface area (Å²) in [7, 11) is 1.69. The molecule has 1 saturated carbocycles. The van der Waals surface area contributed by atoms with E-state index in [0.717, 1.165) is 17.5 Å². The molecule has 23 heavy (non-hydrogen) atoms. The molecule has 2 aromatic carbocycles. The summed E-state index contributed by atoms with van der Waals surface area (Å²) >= 11 is 0. The molecule has 2 N–H and O–H groups in total. The van der Waals surface area contributed by atoms with E-state index >= 15 is 0 Å². The summed E-state index contributed by atoms with van der Waals surface area (Å²) in [5.41, 5.74) is 1.72. The zero-order valence-corrected chi connectivity index (χ0v) is 12.9. The third-order valence-electron chi connectivity index (χ3n) is 4.01. The SMILES string of the molecule is CN=C(NCc1ccc(F)cc1)NC1CC1c1ccccc1F. The second-order valence-electron chi connectivity index (χ2n) is 5.67. The van der Waals surface area contributed by atoms with Crippen LogP contribution in [0.1, 0.15) is 23.5 Å². The van der Waals surface area contributed by atoms with Gasteiger partial charge < -0.3 is 10.6 Å². The van der Waals surface area contributed by atoms with Gasteiger partial charge in [-0.1, -0.05) is 30.3 Å². The summed E-state index contributed by atoms with van der Waals surface area (Å²) in [6.07, 6.45) is 0.887. The van der Waals surface area contributed by atoms with Crippen LogP contribution in [-0.2, 0) is 6.54 Å². The van der Waals surface area contributed by atoms with E-state index in [1.165, 1.54) is 18.2 Å². The average Bonchev–Trinajstić information content (AvgIpc) is 3.32. The largest absolute Gasteiger partial charge is 0.353 e. The van der Waals surface area contributed by atoms with E-state index in [9.17, 15) is 8.78 Å². The summed E-state index contributed by atoms with van der Waals surface area (Å²) < 4.78 is 26.7. The Morgan fingerprint density at radius 3 is 2.57 bits per heavy atom. The van der Waals surface area contributed by atoms with Crippen LogP contribution in [0.15, 0.2) is 53.5 Å². The van der Waals surface area contributed by atoms with Crippen molar-refractivity contribution in [2.24, 2.45) is 4.99 Å². The standard InChI is InChI=1S/C18H19F2N3/c1-21-18(22-11-12-6-8-13(19)9-7-12)23-17-10-15(17)14-4-2-3-5-16(14)20/h2-9,15,17H,10-11H2,1H3,(H2,21,22,23). The highest BCUT2D eigenvalue weighted by Crippen LogP contribution is 2.41. The maximum absolute atomic E-state index is 13.8. The number of hydrogen-bond acceptors (Lipinski definition) is 1. The van der Waals surface area contributed by atoms with E-state index in [-0.39, 0.29) is 23.6 Å². The molecule has 1 fully saturated rings. The molecule has 0 heterocycles. The van der Waals surface area contributed by atoms with Crippen LogP contribution in [0, 0.1) is 11.6 Å². The highest BCUT2D eigenvalue weighted by Gasteiger charge is 2.40. The first-order valence-electron chi connectivity index (χ1n) is 7.63. The molecule has 3 nitrogen and oxygen atoms in total. The fourth-order valence-corrected chi connectivity index (χ4v) is 2.63. The molecule has 120 valence electrons. The predicted octanol–water partition coefficient (Wildman–Crippen LogP) is 3.19. The van der Waals surface area contributed by atoms with Crippen LogP contribution < -0.4 is 10.6 Å². The van der Waals surface area contributed by atoms with Crippen molar-refractivity contribution in [1.29, 1.82) is 0 Å². The van der Waals surface area contributed by atoms with Gasteiger partial charge in [-0.05, 0) is 35.7 Å². The third-order valence-corrected chi connectivity index (χ3v) is 4.01. The lowest BCUT2D eigenvalue weighted by atomic mass is 10.1. The van der Waals surface area contributed by atoms with Crippen molar-refractivity contribution in [2.45, 2.75) is 24.9 Å². The summed E-state index contributed by atoms with van der Waals surface area (Å²) in [4.78, 5) is 4.18. The molecule has 5 heteroatoms. The first-order chi connectivity index (χ1) is 11.2. The molecule has 1 aliphatic carbocycles. The number of rotatable bonds is 4. The molecule has 1 aliphatic rings. The zero-order chi connectivity index (χ0) is 16.2. The fraction of sp³-hybridized carbons (Fsp3) is 0.278. The molecule has 2 unspecified atom stereocenters. The number of benzene rings is 2. The first kappa shape index (κ1) is 15.5. The molecule has 0 aromatic heterocycles. The van der Waals surface area contributed by atoms with Crippen molar-refractivity contribution < 1.29 is 8.78 Å². The molecule has 0 aliphatic heterocycles. The molecule has 0 bridgehead atoms. The van der Waals surface area contributed by atoms with Crippen LogP contribution in [0.5, 0.6) is 0 Å². The van der Waals surface area contributed by atoms with Crippen molar-refractivity contribution in [3.8, 4) is 0 Å². The van der Waals surface area contributed by atoms with E-state index in [0.29, 0.717) is 12.5 Å². The molecular weight excluding hydrogens is 296 g/mol. The molecule has 3 rings (SSSR count). The van der Waals surface area contributed by atoms with Gasteiger partial charge in [0.1, 0.15) is 11.6 Å². The number of hydrogen-bond donors (Lipinski definition) is 2. The quantitative estimate of drug-likeness (QED) is 0.671. The van der Waals surface area contributed by atoms with Crippen LogP contribution in [0.2, 0.25) is 0 Å². The van der Waals surface area contributed by atoms with Gasteiger partial charge in [0, 0.05) is 25.6 Å². The van der Waals surface area contributed by atoms with Gasteiger partial charge in [-0.2, -0.15) is 0 Å². The van der Waals surface area contributed by atoms with E-state index in [1.54, 1.807) is 25.2 Å². The highest BCUT2D eigenvalue weighted by molar-refractivity contribution is 5.80. The molecular formula is C18H19F2N3. The maximum atomic E-state index is 13.8. The van der Waals surface area contributed by atoms with Gasteiger partial charge in [0.2, 0.25) is 0 Å². The van der Waals surface area contributed by atoms with E-state index in [4.69, 9.17) is 0 Å². The monoisotopic (exact) mass is 315 g/mol. The molecule has 2 atom stereocenters. The molecule has 0 spiro atoms. The first-order valence-corrected chi connectivity index (χ1v) is 7.63. The van der Waals surface area contributed by atoms with Gasteiger partial charge >= 0.3 is 0 Å². The highest BCUT2D eigenvalue weighted by atomic mass is 19.1. The summed E-state index contributed by atoms with van der Waals surface area (Å²) in [5, 5.41) is 6.48. The van der Waals surface area contributed by atoms with Gasteiger partial charge in [-0.3, -0.25) is 4.99 Å². The fourth-order valence-electron chi connectivity index (χ4n) is 2.63. The van der Waals surface area contributed by atoms with E-state index in [2.05, 4.69) is 15.6 Å². The van der Waals surface area contributed by atoms with Crippen LogP contribution in [-0.4, -0.2) is 19.0 Å². The Morgan fingerprint density at radius 1 is 1.13 bits per heavy atom. The number of guanidine groups is 1. The summed E-state index contributed by atoms with van der Waals surface area (Å²) in [6, 6.07) is 13.4. The Kier molecular flexibility index (Phi) is 4.55. The van der Waals surface area contributed by atoms with Crippen molar-refractivity contribution >= 4 is 5.96 Å². The third kappa shape index (κ3) is 3.86. The van der Waals surface area contributed by atoms with E-state index < -0.39 is 0 Å². The van der Waals surface area contributed by atoms with Crippen LogP contribution in [0.3, 0.4) is 0 Å². The van der Waals surface area contributed by atoms with Crippen molar-refractivity contribution in [1.82, 2.24) is 10.6 Å². The lowest BCUT2D eigenvalue weighted by molar-refractivity contribution is 0.607. The Morgan fingerprint density at radius 2 is 1.87 bits per heavy atom. The Hall–Kier alpha value is -2.43. The number of nitrogens with zero attached hydrogens (tertiary/aromatic N) is 1. The predicted molar refractivity (Wildman–Crippen MR) is 87.3 cm³/mol. The second-order valence-corrected chi connectivity index (χ2v) is 5.67. The number of nitrogens with one attached hydrogen (secondary N) is 2. The smallest absolute Gasteiger partial charge is 0.191 e. The van der Waals surface area contributed by atoms with Crippen LogP contribution in [0.25, 0.3) is 0 Å². The minimum Gasteiger partial charge on any atom is -0.353 e. The average molecular weight is 315 g/mol. The van der Waals surface area contributed by atoms with Crippen LogP contribution in [0.4, 0.5) is 8.78 Å². The summed E-state index contributed by atoms with van der Waals surface area (Å²) in [5.74, 6) is 0.441. The van der Waals surface area contributed by atoms with Gasteiger partial charge in [0.15, 0.2) is 5.96 Å². The minimum absolute atomic E-state index is 0.156. The lowest BCUT2D eigenvalue weighted by Gasteiger charge is -2.12.